The van der Waals surface area contributed by atoms with Gasteiger partial charge in [-0.3, -0.25) is 4.79 Å². The van der Waals surface area contributed by atoms with Crippen LogP contribution in [-0.2, 0) is 14.9 Å². The van der Waals surface area contributed by atoms with E-state index < -0.39 is 6.10 Å². The van der Waals surface area contributed by atoms with Crippen LogP contribution in [-0.4, -0.2) is 43.3 Å². The van der Waals surface area contributed by atoms with Crippen LogP contribution >= 0.6 is 0 Å². The van der Waals surface area contributed by atoms with E-state index in [4.69, 9.17) is 9.47 Å². The van der Waals surface area contributed by atoms with E-state index in [9.17, 15) is 4.79 Å². The third-order valence-electron chi connectivity index (χ3n) is 4.76. The number of amides is 1. The van der Waals surface area contributed by atoms with E-state index in [2.05, 4.69) is 42.0 Å². The number of nitrogens with one attached hydrogen (secondary N) is 1. The summed E-state index contributed by atoms with van der Waals surface area (Å²) in [5, 5.41) is 2.82. The highest BCUT2D eigenvalue weighted by molar-refractivity contribution is 5.93. The molecule has 150 valence electrons. The fourth-order valence-corrected chi connectivity index (χ4v) is 2.99. The minimum Gasteiger partial charge on any atom is -0.481 e. The SMILES string of the molecule is CC(Oc1cccc(C(C)(C)C)c1)C(=O)Nc1ccc(N2CCOCC2)cn1. The number of hydrogen-bond donors (Lipinski definition) is 1. The first-order chi connectivity index (χ1) is 13.3. The Balaban J connectivity index is 1.58. The Kier molecular flexibility index (Phi) is 6.19. The van der Waals surface area contributed by atoms with Crippen molar-refractivity contribution in [2.24, 2.45) is 0 Å². The van der Waals surface area contributed by atoms with Crippen LogP contribution in [0, 0.1) is 0 Å². The van der Waals surface area contributed by atoms with Gasteiger partial charge >= 0.3 is 0 Å². The minimum absolute atomic E-state index is 0.0248. The Morgan fingerprint density at radius 3 is 2.61 bits per heavy atom. The van der Waals surface area contributed by atoms with Crippen molar-refractivity contribution in [3.63, 3.8) is 0 Å². The van der Waals surface area contributed by atoms with Gasteiger partial charge in [-0.25, -0.2) is 4.98 Å². The molecule has 0 radical (unpaired) electrons. The second kappa shape index (κ2) is 8.61. The van der Waals surface area contributed by atoms with Gasteiger partial charge in [0.2, 0.25) is 0 Å². The zero-order chi connectivity index (χ0) is 20.1. The van der Waals surface area contributed by atoms with Crippen molar-refractivity contribution in [3.8, 4) is 5.75 Å². The Morgan fingerprint density at radius 1 is 1.21 bits per heavy atom. The number of hydrogen-bond acceptors (Lipinski definition) is 5. The molecular weight excluding hydrogens is 354 g/mol. The van der Waals surface area contributed by atoms with Crippen molar-refractivity contribution in [2.45, 2.75) is 39.2 Å². The molecule has 1 atom stereocenters. The number of nitrogens with zero attached hydrogens (tertiary/aromatic N) is 2. The van der Waals surface area contributed by atoms with Gasteiger partial charge in [-0.1, -0.05) is 32.9 Å². The van der Waals surface area contributed by atoms with Gasteiger partial charge in [0.15, 0.2) is 6.10 Å². The van der Waals surface area contributed by atoms with Gasteiger partial charge in [-0.2, -0.15) is 0 Å². The topological polar surface area (TPSA) is 63.7 Å². The average molecular weight is 383 g/mol. The van der Waals surface area contributed by atoms with Crippen molar-refractivity contribution < 1.29 is 14.3 Å². The van der Waals surface area contributed by atoms with Gasteiger partial charge in [-0.05, 0) is 42.2 Å². The van der Waals surface area contributed by atoms with E-state index in [0.29, 0.717) is 11.6 Å². The van der Waals surface area contributed by atoms with Gasteiger partial charge in [-0.15, -0.1) is 0 Å². The van der Waals surface area contributed by atoms with E-state index in [1.54, 1.807) is 13.1 Å². The maximum absolute atomic E-state index is 12.5. The van der Waals surface area contributed by atoms with Crippen molar-refractivity contribution >= 4 is 17.4 Å². The lowest BCUT2D eigenvalue weighted by Gasteiger charge is -2.28. The Bertz CT molecular complexity index is 793. The van der Waals surface area contributed by atoms with E-state index in [1.807, 2.05) is 30.3 Å². The quantitative estimate of drug-likeness (QED) is 0.854. The number of rotatable bonds is 5. The Hall–Kier alpha value is -2.60. The van der Waals surface area contributed by atoms with Gasteiger partial charge in [0, 0.05) is 13.1 Å². The van der Waals surface area contributed by atoms with Gasteiger partial charge in [0.1, 0.15) is 11.6 Å². The predicted octanol–water partition coefficient (Wildman–Crippen LogP) is 3.62. The van der Waals surface area contributed by atoms with Crippen LogP contribution in [0.4, 0.5) is 11.5 Å². The number of aromatic nitrogens is 1. The highest BCUT2D eigenvalue weighted by Crippen LogP contribution is 2.26. The molecule has 1 amide bonds. The molecule has 2 aromatic rings. The molecule has 0 saturated carbocycles. The lowest BCUT2D eigenvalue weighted by Crippen LogP contribution is -2.36. The van der Waals surface area contributed by atoms with Crippen LogP contribution < -0.4 is 15.0 Å². The first-order valence-electron chi connectivity index (χ1n) is 9.70. The number of benzene rings is 1. The molecule has 1 aromatic heterocycles. The summed E-state index contributed by atoms with van der Waals surface area (Å²) >= 11 is 0. The minimum atomic E-state index is -0.629. The number of morpholine rings is 1. The first kappa shape index (κ1) is 20.1. The molecule has 1 unspecified atom stereocenters. The van der Waals surface area contributed by atoms with Crippen LogP contribution in [0.25, 0.3) is 0 Å². The molecule has 28 heavy (non-hydrogen) atoms. The lowest BCUT2D eigenvalue weighted by molar-refractivity contribution is -0.122. The highest BCUT2D eigenvalue weighted by atomic mass is 16.5. The number of anilines is 2. The fraction of sp³-hybridized carbons (Fsp3) is 0.455. The maximum Gasteiger partial charge on any atom is 0.266 e. The van der Waals surface area contributed by atoms with Crippen LogP contribution in [0.5, 0.6) is 5.75 Å². The first-order valence-corrected chi connectivity index (χ1v) is 9.70. The molecule has 3 rings (SSSR count). The molecule has 2 heterocycles. The van der Waals surface area contributed by atoms with Crippen molar-refractivity contribution in [3.05, 3.63) is 48.2 Å². The van der Waals surface area contributed by atoms with Gasteiger partial charge in [0.25, 0.3) is 5.91 Å². The monoisotopic (exact) mass is 383 g/mol. The summed E-state index contributed by atoms with van der Waals surface area (Å²) in [7, 11) is 0. The molecule has 1 aliphatic rings. The molecular formula is C22H29N3O3. The molecule has 1 fully saturated rings. The van der Waals surface area contributed by atoms with Crippen LogP contribution in [0.15, 0.2) is 42.6 Å². The zero-order valence-corrected chi connectivity index (χ0v) is 17.1. The molecule has 6 heteroatoms. The number of ether oxygens (including phenoxy) is 2. The largest absolute Gasteiger partial charge is 0.481 e. The summed E-state index contributed by atoms with van der Waals surface area (Å²) < 4.78 is 11.2. The third kappa shape index (κ3) is 5.23. The summed E-state index contributed by atoms with van der Waals surface area (Å²) in [6, 6.07) is 11.7. The highest BCUT2D eigenvalue weighted by Gasteiger charge is 2.18. The van der Waals surface area contributed by atoms with Gasteiger partial charge in [0.05, 0.1) is 25.1 Å². The molecule has 6 nitrogen and oxygen atoms in total. The maximum atomic E-state index is 12.5. The van der Waals surface area contributed by atoms with Crippen LogP contribution in [0.1, 0.15) is 33.3 Å². The molecule has 1 aliphatic heterocycles. The summed E-state index contributed by atoms with van der Waals surface area (Å²) in [5.41, 5.74) is 2.22. The average Bonchev–Trinajstić information content (AvgIpc) is 2.69. The van der Waals surface area contributed by atoms with E-state index in [-0.39, 0.29) is 11.3 Å². The predicted molar refractivity (Wildman–Crippen MR) is 111 cm³/mol. The van der Waals surface area contributed by atoms with E-state index in [0.717, 1.165) is 37.6 Å². The standard InChI is InChI=1S/C22H29N3O3/c1-16(28-19-7-5-6-17(14-19)22(2,3)4)21(26)24-20-9-8-18(15-23-20)25-10-12-27-13-11-25/h5-9,14-16H,10-13H2,1-4H3,(H,23,24,26). The van der Waals surface area contributed by atoms with Crippen LogP contribution in [0.2, 0.25) is 0 Å². The molecule has 0 aliphatic carbocycles. The molecule has 1 aromatic carbocycles. The second-order valence-corrected chi connectivity index (χ2v) is 8.03. The molecule has 1 saturated heterocycles. The third-order valence-corrected chi connectivity index (χ3v) is 4.76. The number of carbonyl (C=O) groups is 1. The van der Waals surface area contributed by atoms with Crippen molar-refractivity contribution in [2.75, 3.05) is 36.5 Å². The molecule has 0 spiro atoms. The molecule has 1 N–H and O–H groups in total. The number of pyridine rings is 1. The van der Waals surface area contributed by atoms with E-state index in [1.165, 1.54) is 0 Å². The van der Waals surface area contributed by atoms with E-state index >= 15 is 0 Å². The van der Waals surface area contributed by atoms with Crippen molar-refractivity contribution in [1.29, 1.82) is 0 Å². The summed E-state index contributed by atoms with van der Waals surface area (Å²) in [5.74, 6) is 0.972. The number of carbonyl (C=O) groups excluding carboxylic acids is 1. The lowest BCUT2D eigenvalue weighted by atomic mass is 9.87. The molecule has 0 bridgehead atoms. The Morgan fingerprint density at radius 2 is 1.96 bits per heavy atom. The second-order valence-electron chi connectivity index (χ2n) is 8.03. The van der Waals surface area contributed by atoms with Crippen molar-refractivity contribution in [1.82, 2.24) is 4.98 Å². The summed E-state index contributed by atoms with van der Waals surface area (Å²) in [6.45, 7) is 11.3. The smallest absolute Gasteiger partial charge is 0.266 e. The summed E-state index contributed by atoms with van der Waals surface area (Å²) in [4.78, 5) is 19.1. The fourth-order valence-electron chi connectivity index (χ4n) is 2.99. The normalized spacial score (nSPS) is 15.8. The summed E-state index contributed by atoms with van der Waals surface area (Å²) in [6.07, 6.45) is 1.15. The van der Waals surface area contributed by atoms with Gasteiger partial charge < -0.3 is 19.7 Å². The Labute approximate surface area is 166 Å². The van der Waals surface area contributed by atoms with Crippen LogP contribution in [0.3, 0.4) is 0 Å². The zero-order valence-electron chi connectivity index (χ0n) is 17.1.